The Bertz CT molecular complexity index is 616. The van der Waals surface area contributed by atoms with Gasteiger partial charge in [-0.05, 0) is 43.6 Å². The van der Waals surface area contributed by atoms with Crippen molar-refractivity contribution in [2.45, 2.75) is 51.6 Å². The summed E-state index contributed by atoms with van der Waals surface area (Å²) in [5.41, 5.74) is 1.27. The number of aliphatic hydroxyl groups is 1. The topological polar surface area (TPSA) is 33.1 Å². The molecule has 2 heteroatoms. The SMILES string of the molecule is CC(C)C1CCCC(O)(c2cccc3cccnc23)CC1. The van der Waals surface area contributed by atoms with Gasteiger partial charge in [0.15, 0.2) is 0 Å². The van der Waals surface area contributed by atoms with Crippen LogP contribution in [0, 0.1) is 11.8 Å². The Kier molecular flexibility index (Phi) is 3.99. The number of para-hydroxylation sites is 1. The van der Waals surface area contributed by atoms with Crippen LogP contribution in [0.15, 0.2) is 36.5 Å². The molecule has 1 saturated carbocycles. The standard InChI is InChI=1S/C19H25NO/c1-14(2)15-7-4-11-19(21,12-10-15)17-9-3-6-16-8-5-13-20-18(16)17/h3,5-6,8-9,13-15,21H,4,7,10-12H2,1-2H3. The molecule has 2 unspecified atom stereocenters. The molecule has 2 aromatic rings. The molecule has 1 aromatic carbocycles. The highest BCUT2D eigenvalue weighted by atomic mass is 16.3. The molecule has 3 rings (SSSR count). The van der Waals surface area contributed by atoms with Crippen LogP contribution < -0.4 is 0 Å². The molecule has 1 aromatic heterocycles. The first-order chi connectivity index (χ1) is 10.1. The molecule has 2 nitrogen and oxygen atoms in total. The molecular weight excluding hydrogens is 258 g/mol. The monoisotopic (exact) mass is 283 g/mol. The number of rotatable bonds is 2. The van der Waals surface area contributed by atoms with Crippen molar-refractivity contribution in [2.75, 3.05) is 0 Å². The zero-order valence-corrected chi connectivity index (χ0v) is 13.0. The van der Waals surface area contributed by atoms with Gasteiger partial charge in [-0.25, -0.2) is 0 Å². The molecule has 21 heavy (non-hydrogen) atoms. The smallest absolute Gasteiger partial charge is 0.0917 e. The zero-order chi connectivity index (χ0) is 14.9. The van der Waals surface area contributed by atoms with Gasteiger partial charge in [-0.1, -0.05) is 44.5 Å². The summed E-state index contributed by atoms with van der Waals surface area (Å²) in [5, 5.41) is 12.4. The normalized spacial score (nSPS) is 27.0. The largest absolute Gasteiger partial charge is 0.385 e. The van der Waals surface area contributed by atoms with E-state index in [1.165, 1.54) is 6.42 Å². The van der Waals surface area contributed by atoms with Gasteiger partial charge < -0.3 is 5.11 Å². The van der Waals surface area contributed by atoms with Gasteiger partial charge in [0.25, 0.3) is 0 Å². The minimum atomic E-state index is -0.711. The lowest BCUT2D eigenvalue weighted by molar-refractivity contribution is 0.0204. The molecule has 1 heterocycles. The minimum Gasteiger partial charge on any atom is -0.385 e. The van der Waals surface area contributed by atoms with E-state index >= 15 is 0 Å². The Labute approximate surface area is 127 Å². The molecule has 1 N–H and O–H groups in total. The summed E-state index contributed by atoms with van der Waals surface area (Å²) in [4.78, 5) is 4.53. The van der Waals surface area contributed by atoms with E-state index in [9.17, 15) is 5.11 Å². The summed E-state index contributed by atoms with van der Waals surface area (Å²) in [6.45, 7) is 4.60. The van der Waals surface area contributed by atoms with Crippen molar-refractivity contribution in [3.05, 3.63) is 42.1 Å². The van der Waals surface area contributed by atoms with Gasteiger partial charge in [-0.3, -0.25) is 4.98 Å². The van der Waals surface area contributed by atoms with E-state index in [0.717, 1.165) is 48.1 Å². The van der Waals surface area contributed by atoms with E-state index in [-0.39, 0.29) is 0 Å². The quantitative estimate of drug-likeness (QED) is 0.813. The molecule has 0 spiro atoms. The lowest BCUT2D eigenvalue weighted by atomic mass is 9.83. The lowest BCUT2D eigenvalue weighted by Gasteiger charge is -2.28. The van der Waals surface area contributed by atoms with E-state index in [1.807, 2.05) is 18.3 Å². The van der Waals surface area contributed by atoms with Crippen molar-refractivity contribution in [2.24, 2.45) is 11.8 Å². The zero-order valence-electron chi connectivity index (χ0n) is 13.0. The molecule has 0 aliphatic heterocycles. The predicted octanol–water partition coefficient (Wildman–Crippen LogP) is 4.66. The van der Waals surface area contributed by atoms with E-state index < -0.39 is 5.60 Å². The van der Waals surface area contributed by atoms with Gasteiger partial charge >= 0.3 is 0 Å². The highest BCUT2D eigenvalue weighted by Gasteiger charge is 2.34. The van der Waals surface area contributed by atoms with Crippen molar-refractivity contribution in [1.82, 2.24) is 4.98 Å². The maximum Gasteiger partial charge on any atom is 0.0917 e. The maximum absolute atomic E-state index is 11.3. The van der Waals surface area contributed by atoms with Crippen molar-refractivity contribution < 1.29 is 5.11 Å². The Balaban J connectivity index is 1.97. The third kappa shape index (κ3) is 2.82. The summed E-state index contributed by atoms with van der Waals surface area (Å²) in [7, 11) is 0. The number of fused-ring (bicyclic) bond motifs is 1. The number of aromatic nitrogens is 1. The van der Waals surface area contributed by atoms with E-state index in [1.54, 1.807) is 0 Å². The third-order valence-electron chi connectivity index (χ3n) is 5.17. The fourth-order valence-corrected chi connectivity index (χ4v) is 3.77. The third-order valence-corrected chi connectivity index (χ3v) is 5.17. The molecule has 1 aliphatic rings. The first-order valence-electron chi connectivity index (χ1n) is 8.17. The Morgan fingerprint density at radius 2 is 1.95 bits per heavy atom. The second-order valence-electron chi connectivity index (χ2n) is 6.85. The van der Waals surface area contributed by atoms with Crippen molar-refractivity contribution in [3.8, 4) is 0 Å². The lowest BCUT2D eigenvalue weighted by Crippen LogP contribution is -2.25. The highest BCUT2D eigenvalue weighted by Crippen LogP contribution is 2.41. The Morgan fingerprint density at radius 1 is 1.14 bits per heavy atom. The van der Waals surface area contributed by atoms with Gasteiger partial charge in [-0.15, -0.1) is 0 Å². The van der Waals surface area contributed by atoms with Crippen molar-refractivity contribution in [3.63, 3.8) is 0 Å². The van der Waals surface area contributed by atoms with Crippen LogP contribution in [-0.2, 0) is 5.60 Å². The number of benzene rings is 1. The van der Waals surface area contributed by atoms with Crippen LogP contribution in [0.5, 0.6) is 0 Å². The first kappa shape index (κ1) is 14.5. The summed E-state index contributed by atoms with van der Waals surface area (Å²) in [6.07, 6.45) is 6.97. The van der Waals surface area contributed by atoms with E-state index in [2.05, 4.69) is 37.0 Å². The summed E-state index contributed by atoms with van der Waals surface area (Å²) < 4.78 is 0. The summed E-state index contributed by atoms with van der Waals surface area (Å²) in [6, 6.07) is 10.2. The molecule has 2 atom stereocenters. The van der Waals surface area contributed by atoms with Crippen molar-refractivity contribution in [1.29, 1.82) is 0 Å². The van der Waals surface area contributed by atoms with Crippen LogP contribution in [0.25, 0.3) is 10.9 Å². The van der Waals surface area contributed by atoms with Crippen LogP contribution in [0.1, 0.15) is 51.5 Å². The van der Waals surface area contributed by atoms with Gasteiger partial charge in [-0.2, -0.15) is 0 Å². The molecule has 112 valence electrons. The first-order valence-corrected chi connectivity index (χ1v) is 8.17. The van der Waals surface area contributed by atoms with Crippen LogP contribution in [0.2, 0.25) is 0 Å². The highest BCUT2D eigenvalue weighted by molar-refractivity contribution is 5.82. The number of hydrogen-bond donors (Lipinski definition) is 1. The van der Waals surface area contributed by atoms with Crippen molar-refractivity contribution >= 4 is 10.9 Å². The van der Waals surface area contributed by atoms with Crippen LogP contribution in [0.4, 0.5) is 0 Å². The minimum absolute atomic E-state index is 0.706. The van der Waals surface area contributed by atoms with Gasteiger partial charge in [0.05, 0.1) is 11.1 Å². The average molecular weight is 283 g/mol. The molecule has 0 radical (unpaired) electrons. The molecule has 0 bridgehead atoms. The van der Waals surface area contributed by atoms with Crippen LogP contribution in [0.3, 0.4) is 0 Å². The Hall–Kier alpha value is -1.41. The molecular formula is C19H25NO. The maximum atomic E-state index is 11.3. The molecule has 1 aliphatic carbocycles. The fraction of sp³-hybridized carbons (Fsp3) is 0.526. The summed E-state index contributed by atoms with van der Waals surface area (Å²) >= 11 is 0. The van der Waals surface area contributed by atoms with Gasteiger partial charge in [0.2, 0.25) is 0 Å². The second kappa shape index (κ2) is 5.76. The number of nitrogens with zero attached hydrogens (tertiary/aromatic N) is 1. The fourth-order valence-electron chi connectivity index (χ4n) is 3.77. The predicted molar refractivity (Wildman–Crippen MR) is 87.1 cm³/mol. The van der Waals surface area contributed by atoms with E-state index in [4.69, 9.17) is 0 Å². The molecule has 0 amide bonds. The van der Waals surface area contributed by atoms with Crippen LogP contribution >= 0.6 is 0 Å². The molecule has 1 fully saturated rings. The Morgan fingerprint density at radius 3 is 2.76 bits per heavy atom. The van der Waals surface area contributed by atoms with Gasteiger partial charge in [0, 0.05) is 17.1 Å². The van der Waals surface area contributed by atoms with Crippen LogP contribution in [-0.4, -0.2) is 10.1 Å². The summed E-state index contributed by atoms with van der Waals surface area (Å²) in [5.74, 6) is 1.44. The second-order valence-corrected chi connectivity index (χ2v) is 6.85. The number of hydrogen-bond acceptors (Lipinski definition) is 2. The van der Waals surface area contributed by atoms with E-state index in [0.29, 0.717) is 5.92 Å². The average Bonchev–Trinajstić information content (AvgIpc) is 2.69. The molecule has 0 saturated heterocycles. The van der Waals surface area contributed by atoms with Gasteiger partial charge in [0.1, 0.15) is 0 Å². The number of pyridine rings is 1.